The summed E-state index contributed by atoms with van der Waals surface area (Å²) in [6.07, 6.45) is 4.10. The summed E-state index contributed by atoms with van der Waals surface area (Å²) in [5.74, 6) is 1.10. The molecule has 2 aliphatic rings. The monoisotopic (exact) mass is 418 g/mol. The van der Waals surface area contributed by atoms with Crippen LogP contribution in [0.1, 0.15) is 35.8 Å². The van der Waals surface area contributed by atoms with Crippen LogP contribution in [0.25, 0.3) is 5.65 Å². The topological polar surface area (TPSA) is 83.3 Å². The lowest BCUT2D eigenvalue weighted by Gasteiger charge is -2.30. The van der Waals surface area contributed by atoms with Gasteiger partial charge < -0.3 is 16.0 Å². The summed E-state index contributed by atoms with van der Waals surface area (Å²) in [6.45, 7) is 8.25. The highest BCUT2D eigenvalue weighted by Gasteiger charge is 2.42. The van der Waals surface area contributed by atoms with Crippen molar-refractivity contribution in [2.45, 2.75) is 32.7 Å². The van der Waals surface area contributed by atoms with Crippen LogP contribution in [0.3, 0.4) is 0 Å². The van der Waals surface area contributed by atoms with Crippen LogP contribution in [0.5, 0.6) is 0 Å². The van der Waals surface area contributed by atoms with Gasteiger partial charge in [-0.05, 0) is 56.0 Å². The summed E-state index contributed by atoms with van der Waals surface area (Å²) >= 11 is 6.15. The lowest BCUT2D eigenvalue weighted by molar-refractivity contribution is 0.826. The number of benzene rings is 1. The molecular formula is C23H23ClN6. The second kappa shape index (κ2) is 6.71. The van der Waals surface area contributed by atoms with Crippen LogP contribution in [0.4, 0.5) is 5.69 Å². The van der Waals surface area contributed by atoms with Crippen molar-refractivity contribution in [2.24, 2.45) is 11.7 Å². The van der Waals surface area contributed by atoms with Crippen molar-refractivity contribution < 1.29 is 0 Å². The number of rotatable bonds is 4. The number of nitrogens with two attached hydrogens (primary N) is 1. The summed E-state index contributed by atoms with van der Waals surface area (Å²) in [5.41, 5.74) is 13.2. The van der Waals surface area contributed by atoms with Crippen molar-refractivity contribution in [3.63, 3.8) is 0 Å². The van der Waals surface area contributed by atoms with E-state index in [-0.39, 0.29) is 12.0 Å². The minimum atomic E-state index is -0.225. The van der Waals surface area contributed by atoms with E-state index in [1.165, 1.54) is 0 Å². The van der Waals surface area contributed by atoms with Crippen molar-refractivity contribution in [1.29, 1.82) is 5.41 Å². The molecule has 0 spiro atoms. The van der Waals surface area contributed by atoms with Gasteiger partial charge in [0.05, 0.1) is 23.1 Å². The van der Waals surface area contributed by atoms with Gasteiger partial charge in [-0.15, -0.1) is 10.2 Å². The summed E-state index contributed by atoms with van der Waals surface area (Å²) in [7, 11) is 0. The minimum Gasteiger partial charge on any atom is -0.397 e. The van der Waals surface area contributed by atoms with Gasteiger partial charge in [0, 0.05) is 28.4 Å². The maximum absolute atomic E-state index is 8.82. The molecule has 1 aromatic carbocycles. The molecular weight excluding hydrogens is 396 g/mol. The highest BCUT2D eigenvalue weighted by molar-refractivity contribution is 6.30. The van der Waals surface area contributed by atoms with Gasteiger partial charge in [0.1, 0.15) is 5.82 Å². The fourth-order valence-corrected chi connectivity index (χ4v) is 4.37. The first-order chi connectivity index (χ1) is 14.4. The maximum Gasteiger partial charge on any atom is 0.163 e. The van der Waals surface area contributed by atoms with Gasteiger partial charge >= 0.3 is 0 Å². The molecule has 3 N–H and O–H groups in total. The number of halogens is 1. The standard InChI is InChI=1S/C23H23ClN6/c1-12-10-18(11-29-14(3)27-28-23(12)29)30-13(2)20(25)19(21(26)15-4-5-15)22(30)16-6-8-17(24)9-7-16/h6-11,15,22,26H,2,4-5,25H2,1,3H3. The van der Waals surface area contributed by atoms with Crippen molar-refractivity contribution >= 4 is 28.6 Å². The summed E-state index contributed by atoms with van der Waals surface area (Å²) in [5, 5.41) is 18.0. The van der Waals surface area contributed by atoms with Gasteiger partial charge in [-0.3, -0.25) is 4.40 Å². The van der Waals surface area contributed by atoms with E-state index in [0.29, 0.717) is 22.1 Å². The lowest BCUT2D eigenvalue weighted by atomic mass is 9.93. The highest BCUT2D eigenvalue weighted by atomic mass is 35.5. The molecule has 0 radical (unpaired) electrons. The number of anilines is 1. The Kier molecular flexibility index (Phi) is 4.22. The van der Waals surface area contributed by atoms with E-state index in [4.69, 9.17) is 22.7 Å². The van der Waals surface area contributed by atoms with E-state index in [0.717, 1.165) is 46.7 Å². The third-order valence-corrected chi connectivity index (χ3v) is 6.26. The average molecular weight is 419 g/mol. The van der Waals surface area contributed by atoms with Crippen molar-refractivity contribution in [1.82, 2.24) is 14.6 Å². The molecule has 152 valence electrons. The van der Waals surface area contributed by atoms with E-state index in [9.17, 15) is 0 Å². The van der Waals surface area contributed by atoms with Crippen molar-refractivity contribution in [3.8, 4) is 0 Å². The van der Waals surface area contributed by atoms with Crippen LogP contribution in [-0.2, 0) is 0 Å². The Labute approximate surface area is 180 Å². The van der Waals surface area contributed by atoms with Gasteiger partial charge in [-0.2, -0.15) is 0 Å². The Morgan fingerprint density at radius 3 is 2.57 bits per heavy atom. The Hall–Kier alpha value is -3.12. The summed E-state index contributed by atoms with van der Waals surface area (Å²) in [4.78, 5) is 2.12. The first kappa shape index (κ1) is 18.9. The number of hydrogen-bond donors (Lipinski definition) is 2. The van der Waals surface area contributed by atoms with Crippen LogP contribution >= 0.6 is 11.6 Å². The van der Waals surface area contributed by atoms with E-state index >= 15 is 0 Å². The van der Waals surface area contributed by atoms with Crippen molar-refractivity contribution in [3.05, 3.63) is 82.0 Å². The zero-order valence-electron chi connectivity index (χ0n) is 17.0. The largest absolute Gasteiger partial charge is 0.397 e. The van der Waals surface area contributed by atoms with E-state index in [1.807, 2.05) is 48.7 Å². The van der Waals surface area contributed by atoms with E-state index < -0.39 is 0 Å². The third-order valence-electron chi connectivity index (χ3n) is 6.01. The Bertz CT molecular complexity index is 1230. The molecule has 1 saturated carbocycles. The summed E-state index contributed by atoms with van der Waals surface area (Å²) in [6, 6.07) is 9.61. The van der Waals surface area contributed by atoms with E-state index in [1.54, 1.807) is 0 Å². The smallest absolute Gasteiger partial charge is 0.163 e. The molecule has 1 fully saturated rings. The van der Waals surface area contributed by atoms with E-state index in [2.05, 4.69) is 27.7 Å². The second-order valence-corrected chi connectivity index (χ2v) is 8.54. The van der Waals surface area contributed by atoms with Gasteiger partial charge in [0.25, 0.3) is 0 Å². The Balaban J connectivity index is 1.70. The fraction of sp³-hybridized carbons (Fsp3) is 0.261. The van der Waals surface area contributed by atoms with Crippen LogP contribution in [-0.4, -0.2) is 20.3 Å². The molecule has 1 aliphatic heterocycles. The van der Waals surface area contributed by atoms with Gasteiger partial charge in [-0.25, -0.2) is 0 Å². The molecule has 1 atom stereocenters. The quantitative estimate of drug-likeness (QED) is 0.600. The number of nitrogens with one attached hydrogen (secondary N) is 1. The third kappa shape index (κ3) is 2.82. The molecule has 7 heteroatoms. The normalized spacial score (nSPS) is 19.2. The number of hydrogen-bond acceptors (Lipinski definition) is 5. The number of pyridine rings is 1. The van der Waals surface area contributed by atoms with Crippen molar-refractivity contribution in [2.75, 3.05) is 4.90 Å². The SMILES string of the molecule is C=C1C(N)=C(C(=N)C2CC2)C(c2ccc(Cl)cc2)N1c1cc(C)c2nnc(C)n2c1. The zero-order valence-corrected chi connectivity index (χ0v) is 17.7. The molecule has 2 aromatic heterocycles. The number of nitrogens with zero attached hydrogens (tertiary/aromatic N) is 4. The van der Waals surface area contributed by atoms with Gasteiger partial charge in [-0.1, -0.05) is 30.3 Å². The molecule has 6 nitrogen and oxygen atoms in total. The molecule has 0 saturated heterocycles. The molecule has 5 rings (SSSR count). The summed E-state index contributed by atoms with van der Waals surface area (Å²) < 4.78 is 1.98. The van der Waals surface area contributed by atoms with Crippen LogP contribution in [0.15, 0.2) is 60.1 Å². The second-order valence-electron chi connectivity index (χ2n) is 8.11. The highest BCUT2D eigenvalue weighted by Crippen LogP contribution is 2.47. The number of aryl methyl sites for hydroxylation is 2. The van der Waals surface area contributed by atoms with Crippen LogP contribution < -0.4 is 10.6 Å². The minimum absolute atomic E-state index is 0.225. The molecule has 30 heavy (non-hydrogen) atoms. The average Bonchev–Trinajstić information content (AvgIpc) is 3.46. The number of aromatic nitrogens is 3. The number of fused-ring (bicyclic) bond motifs is 1. The first-order valence-electron chi connectivity index (χ1n) is 10.0. The zero-order chi connectivity index (χ0) is 21.2. The molecule has 0 bridgehead atoms. The van der Waals surface area contributed by atoms with Gasteiger partial charge in [0.15, 0.2) is 5.65 Å². The molecule has 1 aliphatic carbocycles. The van der Waals surface area contributed by atoms with Crippen LogP contribution in [0.2, 0.25) is 5.02 Å². The fourth-order valence-electron chi connectivity index (χ4n) is 4.25. The Morgan fingerprint density at radius 2 is 1.90 bits per heavy atom. The molecule has 0 amide bonds. The first-order valence-corrected chi connectivity index (χ1v) is 10.4. The maximum atomic E-state index is 8.82. The van der Waals surface area contributed by atoms with Crippen LogP contribution in [0, 0.1) is 25.2 Å². The Morgan fingerprint density at radius 1 is 1.20 bits per heavy atom. The predicted molar refractivity (Wildman–Crippen MR) is 120 cm³/mol. The molecule has 3 heterocycles. The molecule has 3 aromatic rings. The molecule has 1 unspecified atom stereocenters. The predicted octanol–water partition coefficient (Wildman–Crippen LogP) is 4.72. The lowest BCUT2D eigenvalue weighted by Crippen LogP contribution is -2.26. The van der Waals surface area contributed by atoms with Gasteiger partial charge in [0.2, 0.25) is 0 Å².